The molecule has 2 rings (SSSR count). The summed E-state index contributed by atoms with van der Waals surface area (Å²) in [5.41, 5.74) is 1.98. The molecule has 0 spiro atoms. The Labute approximate surface area is 108 Å². The predicted molar refractivity (Wildman–Crippen MR) is 80.3 cm³/mol. The Morgan fingerprint density at radius 2 is 1.82 bits per heavy atom. The highest BCUT2D eigenvalue weighted by atomic mass is 32.3. The van der Waals surface area contributed by atoms with Crippen molar-refractivity contribution >= 4 is 37.9 Å². The van der Waals surface area contributed by atoms with Crippen LogP contribution in [0.15, 0.2) is 23.6 Å². The maximum Gasteiger partial charge on any atom is 0.0622 e. The predicted octanol–water partition coefficient (Wildman–Crippen LogP) is 4.94. The van der Waals surface area contributed by atoms with Gasteiger partial charge in [0.05, 0.1) is 5.69 Å². The molecule has 5 heteroatoms. The number of benzene rings is 1. The van der Waals surface area contributed by atoms with Crippen LogP contribution in [0.4, 0.5) is 5.69 Å². The summed E-state index contributed by atoms with van der Waals surface area (Å²) in [4.78, 5) is 0. The van der Waals surface area contributed by atoms with Gasteiger partial charge in [-0.25, -0.2) is 0 Å². The number of hydrogen-bond acceptors (Lipinski definition) is 4. The maximum absolute atomic E-state index is 9.37. The smallest absolute Gasteiger partial charge is 0.0622 e. The highest BCUT2D eigenvalue weighted by Gasteiger charge is 2.09. The quantitative estimate of drug-likeness (QED) is 0.726. The van der Waals surface area contributed by atoms with E-state index in [0.717, 1.165) is 11.1 Å². The molecule has 0 atom stereocenters. The zero-order valence-electron chi connectivity index (χ0n) is 10.5. The van der Waals surface area contributed by atoms with E-state index in [1.165, 1.54) is 16.5 Å². The van der Waals surface area contributed by atoms with Crippen molar-refractivity contribution in [3.63, 3.8) is 0 Å². The summed E-state index contributed by atoms with van der Waals surface area (Å²) in [7, 11) is -2.70. The zero-order chi connectivity index (χ0) is 13.1. The topological polar surface area (TPSA) is 52.5 Å². The van der Waals surface area contributed by atoms with Crippen molar-refractivity contribution in [1.29, 1.82) is 0 Å². The average Bonchev–Trinajstić information content (AvgIpc) is 2.73. The highest BCUT2D eigenvalue weighted by Crippen LogP contribution is 2.39. The van der Waals surface area contributed by atoms with Crippen LogP contribution in [0.3, 0.4) is 0 Å². The third-order valence-corrected chi connectivity index (χ3v) is 3.77. The largest absolute Gasteiger partial charge is 0.285 e. The number of rotatable bonds is 2. The molecule has 0 aliphatic heterocycles. The number of fused-ring (bicyclic) bond motifs is 1. The number of aryl methyl sites for hydroxylation is 1. The van der Waals surface area contributed by atoms with Gasteiger partial charge in [-0.1, -0.05) is 19.9 Å². The Morgan fingerprint density at radius 1 is 1.18 bits per heavy atom. The number of nitrogens with one attached hydrogen (secondary N) is 1. The molecule has 1 aromatic carbocycles. The third-order valence-electron chi connectivity index (χ3n) is 2.12. The fourth-order valence-electron chi connectivity index (χ4n) is 1.50. The molecule has 0 aliphatic rings. The Bertz CT molecular complexity index is 489. The molecule has 0 fully saturated rings. The van der Waals surface area contributed by atoms with Crippen LogP contribution in [0.5, 0.6) is 0 Å². The molecule has 0 amide bonds. The van der Waals surface area contributed by atoms with Gasteiger partial charge >= 0.3 is 0 Å². The van der Waals surface area contributed by atoms with Crippen LogP contribution in [0.1, 0.15) is 19.4 Å². The Hall–Kier alpha value is -0.750. The van der Waals surface area contributed by atoms with Crippen molar-refractivity contribution in [1.82, 2.24) is 0 Å². The molecule has 3 N–H and O–H groups in total. The average molecular weight is 273 g/mol. The number of anilines is 1. The lowest BCUT2D eigenvalue weighted by Gasteiger charge is -2.29. The van der Waals surface area contributed by atoms with E-state index < -0.39 is 10.8 Å². The van der Waals surface area contributed by atoms with Crippen molar-refractivity contribution in [2.24, 2.45) is 0 Å². The van der Waals surface area contributed by atoms with E-state index in [0.29, 0.717) is 0 Å². The fourth-order valence-corrected chi connectivity index (χ4v) is 2.99. The molecule has 1 heterocycles. The molecular formula is C12H19NO2S2. The minimum absolute atomic E-state index is 0.777. The van der Waals surface area contributed by atoms with Crippen LogP contribution in [0.25, 0.3) is 10.1 Å². The van der Waals surface area contributed by atoms with Crippen molar-refractivity contribution in [3.8, 4) is 0 Å². The first kappa shape index (κ1) is 14.3. The van der Waals surface area contributed by atoms with Gasteiger partial charge in [0.2, 0.25) is 0 Å². The van der Waals surface area contributed by atoms with Crippen LogP contribution >= 0.6 is 22.1 Å². The molecule has 0 bridgehead atoms. The second-order valence-electron chi connectivity index (χ2n) is 3.53. The summed E-state index contributed by atoms with van der Waals surface area (Å²) in [5.74, 6) is 0. The van der Waals surface area contributed by atoms with E-state index in [9.17, 15) is 9.11 Å². The van der Waals surface area contributed by atoms with Gasteiger partial charge in [0.25, 0.3) is 0 Å². The van der Waals surface area contributed by atoms with E-state index in [2.05, 4.69) is 4.72 Å². The summed E-state index contributed by atoms with van der Waals surface area (Å²) in [6.45, 7) is 6.05. The lowest BCUT2D eigenvalue weighted by Crippen LogP contribution is -2.06. The van der Waals surface area contributed by atoms with E-state index in [-0.39, 0.29) is 0 Å². The Kier molecular flexibility index (Phi) is 4.82. The molecule has 0 saturated heterocycles. The SMILES string of the molecule is CC.Cc1ccc(NS(C)(O)O)c2ccsc12. The Balaban J connectivity index is 0.000000686. The van der Waals surface area contributed by atoms with Crippen molar-refractivity contribution in [2.45, 2.75) is 20.8 Å². The number of thiophene rings is 1. The van der Waals surface area contributed by atoms with Gasteiger partial charge in [0, 0.05) is 16.3 Å². The highest BCUT2D eigenvalue weighted by molar-refractivity contribution is 8.24. The lowest BCUT2D eigenvalue weighted by atomic mass is 10.1. The molecule has 0 radical (unpaired) electrons. The summed E-state index contributed by atoms with van der Waals surface area (Å²) in [6.07, 6.45) is 1.38. The second kappa shape index (κ2) is 5.73. The molecular weight excluding hydrogens is 254 g/mol. The molecule has 0 aliphatic carbocycles. The minimum Gasteiger partial charge on any atom is -0.285 e. The lowest BCUT2D eigenvalue weighted by molar-refractivity contribution is 0.502. The zero-order valence-corrected chi connectivity index (χ0v) is 12.2. The molecule has 0 unspecified atom stereocenters. The second-order valence-corrected chi connectivity index (χ2v) is 6.32. The minimum atomic E-state index is -2.70. The van der Waals surface area contributed by atoms with Crippen molar-refractivity contribution < 1.29 is 9.11 Å². The van der Waals surface area contributed by atoms with E-state index in [1.54, 1.807) is 11.3 Å². The summed E-state index contributed by atoms with van der Waals surface area (Å²) in [6, 6.07) is 5.84. The fraction of sp³-hybridized carbons (Fsp3) is 0.333. The van der Waals surface area contributed by atoms with Gasteiger partial charge in [-0.2, -0.15) is 0 Å². The first-order valence-corrected chi connectivity index (χ1v) is 8.28. The molecule has 96 valence electrons. The van der Waals surface area contributed by atoms with Gasteiger partial charge in [0.15, 0.2) is 0 Å². The van der Waals surface area contributed by atoms with Gasteiger partial charge in [-0.05, 0) is 30.0 Å². The van der Waals surface area contributed by atoms with Crippen LogP contribution < -0.4 is 4.72 Å². The Morgan fingerprint density at radius 3 is 2.41 bits per heavy atom. The summed E-state index contributed by atoms with van der Waals surface area (Å²) < 4.78 is 22.7. The van der Waals surface area contributed by atoms with Crippen LogP contribution in [-0.4, -0.2) is 15.4 Å². The van der Waals surface area contributed by atoms with Crippen molar-refractivity contribution in [2.75, 3.05) is 11.0 Å². The van der Waals surface area contributed by atoms with Crippen LogP contribution in [-0.2, 0) is 0 Å². The van der Waals surface area contributed by atoms with E-state index >= 15 is 0 Å². The van der Waals surface area contributed by atoms with Gasteiger partial charge in [0.1, 0.15) is 0 Å². The number of hydrogen-bond donors (Lipinski definition) is 3. The summed E-state index contributed by atoms with van der Waals surface area (Å²) >= 11 is 1.66. The monoisotopic (exact) mass is 273 g/mol. The van der Waals surface area contributed by atoms with Crippen LogP contribution in [0, 0.1) is 6.92 Å². The van der Waals surface area contributed by atoms with Gasteiger partial charge in [-0.15, -0.1) is 22.1 Å². The molecule has 1 aromatic heterocycles. The van der Waals surface area contributed by atoms with Crippen molar-refractivity contribution in [3.05, 3.63) is 29.1 Å². The first-order valence-electron chi connectivity index (χ1n) is 5.45. The molecule has 17 heavy (non-hydrogen) atoms. The molecule has 0 saturated carbocycles. The normalized spacial score (nSPS) is 11.9. The van der Waals surface area contributed by atoms with Gasteiger partial charge < -0.3 is 0 Å². The van der Waals surface area contributed by atoms with Crippen LogP contribution in [0.2, 0.25) is 0 Å². The van der Waals surface area contributed by atoms with Gasteiger partial charge in [-0.3, -0.25) is 13.8 Å². The van der Waals surface area contributed by atoms with E-state index in [4.69, 9.17) is 0 Å². The molecule has 3 nitrogen and oxygen atoms in total. The summed E-state index contributed by atoms with van der Waals surface area (Å²) in [5, 5.41) is 3.05. The molecule has 2 aromatic rings. The maximum atomic E-state index is 9.37. The standard InChI is InChI=1S/C10H13NO2S2.C2H6/c1-7-3-4-9(11-15(2,12)13)8-5-6-14-10(7)8;1-2/h3-6,11-13H,1-2H3;1-2H3. The van der Waals surface area contributed by atoms with E-state index in [1.807, 2.05) is 44.4 Å². The third kappa shape index (κ3) is 3.61. The first-order chi connectivity index (χ1) is 7.97.